The van der Waals surface area contributed by atoms with Crippen molar-refractivity contribution in [3.8, 4) is 5.75 Å². The molecule has 1 amide bonds. The highest BCUT2D eigenvalue weighted by atomic mass is 16.5. The Bertz CT molecular complexity index is 1140. The molecule has 1 aliphatic heterocycles. The van der Waals surface area contributed by atoms with Crippen LogP contribution in [0.2, 0.25) is 0 Å². The minimum atomic E-state index is -1.31. The number of piperazine rings is 1. The number of hydrogen-bond donors (Lipinski definition) is 1. The highest BCUT2D eigenvalue weighted by molar-refractivity contribution is 5.83. The van der Waals surface area contributed by atoms with E-state index in [0.717, 1.165) is 36.4 Å². The van der Waals surface area contributed by atoms with Crippen molar-refractivity contribution < 1.29 is 19.4 Å². The second-order valence-electron chi connectivity index (χ2n) is 9.87. The van der Waals surface area contributed by atoms with Gasteiger partial charge in [-0.15, -0.1) is 0 Å². The molecule has 3 aromatic carbocycles. The summed E-state index contributed by atoms with van der Waals surface area (Å²) >= 11 is 0. The first kappa shape index (κ1) is 27.6. The van der Waals surface area contributed by atoms with Crippen molar-refractivity contribution in [2.24, 2.45) is 5.92 Å². The van der Waals surface area contributed by atoms with Gasteiger partial charge >= 0.3 is 0 Å². The Labute approximate surface area is 225 Å². The number of ether oxygens (including phenoxy) is 1. The van der Waals surface area contributed by atoms with Crippen LogP contribution < -0.4 is 4.74 Å². The summed E-state index contributed by atoms with van der Waals surface area (Å²) in [6, 6.07) is 28.6. The summed E-state index contributed by atoms with van der Waals surface area (Å²) in [4.78, 5) is 29.5. The Kier molecular flexibility index (Phi) is 10.1. The molecule has 0 radical (unpaired) electrons. The molecule has 0 saturated carbocycles. The molecular weight excluding hydrogens is 476 g/mol. The van der Waals surface area contributed by atoms with E-state index in [1.54, 1.807) is 0 Å². The zero-order valence-corrected chi connectivity index (χ0v) is 22.1. The molecule has 0 aliphatic carbocycles. The monoisotopic (exact) mass is 514 g/mol. The van der Waals surface area contributed by atoms with E-state index in [4.69, 9.17) is 4.74 Å². The molecule has 3 atom stereocenters. The Hall–Kier alpha value is -3.48. The number of benzene rings is 3. The average Bonchev–Trinajstić information content (AvgIpc) is 2.97. The predicted molar refractivity (Wildman–Crippen MR) is 149 cm³/mol. The van der Waals surface area contributed by atoms with Crippen LogP contribution in [0.5, 0.6) is 5.75 Å². The van der Waals surface area contributed by atoms with E-state index in [1.807, 2.05) is 72.5 Å². The molecule has 1 saturated heterocycles. The zero-order valence-electron chi connectivity index (χ0n) is 22.1. The lowest BCUT2D eigenvalue weighted by atomic mass is 9.92. The van der Waals surface area contributed by atoms with E-state index in [2.05, 4.69) is 29.2 Å². The molecule has 0 aromatic heterocycles. The maximum atomic E-state index is 13.7. The topological polar surface area (TPSA) is 70.1 Å². The fourth-order valence-electron chi connectivity index (χ4n) is 5.23. The summed E-state index contributed by atoms with van der Waals surface area (Å²) < 4.78 is 5.50. The molecule has 1 heterocycles. The fourth-order valence-corrected chi connectivity index (χ4v) is 5.23. The van der Waals surface area contributed by atoms with Crippen LogP contribution in [0.15, 0.2) is 84.9 Å². The van der Waals surface area contributed by atoms with Crippen molar-refractivity contribution >= 4 is 12.2 Å². The molecule has 1 unspecified atom stereocenters. The van der Waals surface area contributed by atoms with Crippen molar-refractivity contribution in [3.63, 3.8) is 0 Å². The van der Waals surface area contributed by atoms with Gasteiger partial charge in [0.05, 0.1) is 18.6 Å². The molecular formula is C32H38N2O4. The number of carbonyl (C=O) groups excluding carboxylic acids is 2. The first-order chi connectivity index (χ1) is 18.6. The van der Waals surface area contributed by atoms with E-state index >= 15 is 0 Å². The first-order valence-electron chi connectivity index (χ1n) is 13.6. The minimum Gasteiger partial charge on any atom is -0.494 e. The van der Waals surface area contributed by atoms with Gasteiger partial charge in [-0.3, -0.25) is 9.69 Å². The van der Waals surface area contributed by atoms with Crippen molar-refractivity contribution in [1.82, 2.24) is 9.80 Å². The SMILES string of the molecule is CCOc1ccc(CCC[C@@H](C(=O)N2CCN(Cc3ccccc3)C(c3ccccc3)C2)[C@H](O)C=O)cc1. The Balaban J connectivity index is 1.43. The molecule has 3 aromatic rings. The number of carbonyl (C=O) groups is 2. The number of hydrogen-bond acceptors (Lipinski definition) is 5. The quantitative estimate of drug-likeness (QED) is 0.356. The smallest absolute Gasteiger partial charge is 0.228 e. The summed E-state index contributed by atoms with van der Waals surface area (Å²) in [7, 11) is 0. The van der Waals surface area contributed by atoms with Gasteiger partial charge in [0.25, 0.3) is 0 Å². The number of aliphatic hydroxyl groups is 1. The number of amides is 1. The summed E-state index contributed by atoms with van der Waals surface area (Å²) in [5.74, 6) is -0.0519. The van der Waals surface area contributed by atoms with Gasteiger partial charge in [-0.05, 0) is 55.0 Å². The zero-order chi connectivity index (χ0) is 26.7. The molecule has 6 heteroatoms. The Morgan fingerprint density at radius 2 is 1.66 bits per heavy atom. The van der Waals surface area contributed by atoms with E-state index < -0.39 is 12.0 Å². The lowest BCUT2D eigenvalue weighted by molar-refractivity contribution is -0.145. The summed E-state index contributed by atoms with van der Waals surface area (Å²) in [6.07, 6.45) is 1.11. The normalized spacial score (nSPS) is 17.5. The number of aldehydes is 1. The van der Waals surface area contributed by atoms with Gasteiger partial charge in [-0.25, -0.2) is 0 Å². The molecule has 1 N–H and O–H groups in total. The highest BCUT2D eigenvalue weighted by Crippen LogP contribution is 2.29. The summed E-state index contributed by atoms with van der Waals surface area (Å²) in [5.41, 5.74) is 3.53. The second kappa shape index (κ2) is 13.9. The van der Waals surface area contributed by atoms with Crippen molar-refractivity contribution in [2.75, 3.05) is 26.2 Å². The van der Waals surface area contributed by atoms with Crippen LogP contribution >= 0.6 is 0 Å². The molecule has 200 valence electrons. The van der Waals surface area contributed by atoms with Crippen LogP contribution in [0.1, 0.15) is 42.5 Å². The number of nitrogens with zero attached hydrogens (tertiary/aromatic N) is 2. The van der Waals surface area contributed by atoms with Crippen LogP contribution in [-0.2, 0) is 22.6 Å². The van der Waals surface area contributed by atoms with Crippen molar-refractivity contribution in [1.29, 1.82) is 0 Å². The highest BCUT2D eigenvalue weighted by Gasteiger charge is 2.35. The molecule has 38 heavy (non-hydrogen) atoms. The fraction of sp³-hybridized carbons (Fsp3) is 0.375. The van der Waals surface area contributed by atoms with Gasteiger partial charge < -0.3 is 19.5 Å². The number of aliphatic hydroxyl groups excluding tert-OH is 1. The van der Waals surface area contributed by atoms with E-state index in [0.29, 0.717) is 38.8 Å². The van der Waals surface area contributed by atoms with Crippen LogP contribution in [-0.4, -0.2) is 59.4 Å². The predicted octanol–water partition coefficient (Wildman–Crippen LogP) is 4.67. The molecule has 0 spiro atoms. The third-order valence-electron chi connectivity index (χ3n) is 7.30. The maximum absolute atomic E-state index is 13.7. The molecule has 1 fully saturated rings. The maximum Gasteiger partial charge on any atom is 0.228 e. The third kappa shape index (κ3) is 7.30. The summed E-state index contributed by atoms with van der Waals surface area (Å²) in [6.45, 7) is 5.18. The van der Waals surface area contributed by atoms with Crippen LogP contribution in [0.4, 0.5) is 0 Å². The number of aryl methyl sites for hydroxylation is 1. The van der Waals surface area contributed by atoms with Crippen LogP contribution in [0.3, 0.4) is 0 Å². The van der Waals surface area contributed by atoms with E-state index in [-0.39, 0.29) is 11.9 Å². The third-order valence-corrected chi connectivity index (χ3v) is 7.30. The Morgan fingerprint density at radius 1 is 0.974 bits per heavy atom. The average molecular weight is 515 g/mol. The van der Waals surface area contributed by atoms with Gasteiger partial charge in [-0.1, -0.05) is 72.8 Å². The van der Waals surface area contributed by atoms with E-state index in [9.17, 15) is 14.7 Å². The Morgan fingerprint density at radius 3 is 2.32 bits per heavy atom. The van der Waals surface area contributed by atoms with Gasteiger partial charge in [0.1, 0.15) is 18.1 Å². The van der Waals surface area contributed by atoms with Crippen LogP contribution in [0, 0.1) is 5.92 Å². The first-order valence-corrected chi connectivity index (χ1v) is 13.6. The largest absolute Gasteiger partial charge is 0.494 e. The van der Waals surface area contributed by atoms with Crippen LogP contribution in [0.25, 0.3) is 0 Å². The van der Waals surface area contributed by atoms with E-state index in [1.165, 1.54) is 5.56 Å². The van der Waals surface area contributed by atoms with Crippen molar-refractivity contribution in [2.45, 2.75) is 44.9 Å². The summed E-state index contributed by atoms with van der Waals surface area (Å²) in [5, 5.41) is 10.5. The van der Waals surface area contributed by atoms with Gasteiger partial charge in [0.2, 0.25) is 5.91 Å². The van der Waals surface area contributed by atoms with Gasteiger partial charge in [0, 0.05) is 26.2 Å². The molecule has 0 bridgehead atoms. The minimum absolute atomic E-state index is 0.0342. The van der Waals surface area contributed by atoms with Gasteiger partial charge in [0.15, 0.2) is 0 Å². The van der Waals surface area contributed by atoms with Crippen molar-refractivity contribution in [3.05, 3.63) is 102 Å². The second-order valence-corrected chi connectivity index (χ2v) is 9.87. The molecule has 1 aliphatic rings. The van der Waals surface area contributed by atoms with Gasteiger partial charge in [-0.2, -0.15) is 0 Å². The lowest BCUT2D eigenvalue weighted by Crippen LogP contribution is -2.53. The molecule has 6 nitrogen and oxygen atoms in total. The lowest BCUT2D eigenvalue weighted by Gasteiger charge is -2.43. The number of rotatable bonds is 12. The molecule has 4 rings (SSSR count). The standard InChI is InChI=1S/C32H38N2O4/c1-2-38-28-18-16-25(17-19-28)12-9-15-29(31(36)24-35)32(37)34-21-20-33(22-26-10-5-3-6-11-26)30(23-34)27-13-7-4-8-14-27/h3-8,10-11,13-14,16-19,24,29-31,36H,2,9,12,15,20-23H2,1H3/t29-,30?,31-/m1/s1.